The lowest BCUT2D eigenvalue weighted by molar-refractivity contribution is 0.144. The van der Waals surface area contributed by atoms with Crippen molar-refractivity contribution < 1.29 is 9.47 Å². The Hall–Kier alpha value is -0.650. The van der Waals surface area contributed by atoms with Crippen LogP contribution in [0.15, 0.2) is 6.07 Å². The number of methoxy groups -OCH3 is 1. The summed E-state index contributed by atoms with van der Waals surface area (Å²) in [4.78, 5) is 1.20. The lowest BCUT2D eigenvalue weighted by atomic mass is 10.2. The van der Waals surface area contributed by atoms with Crippen molar-refractivity contribution in [3.05, 3.63) is 10.9 Å². The van der Waals surface area contributed by atoms with Gasteiger partial charge in [0.1, 0.15) is 0 Å². The van der Waals surface area contributed by atoms with E-state index in [4.69, 9.17) is 9.47 Å². The average molecular weight is 244 g/mol. The first-order valence-electron chi connectivity index (χ1n) is 5.59. The third kappa shape index (κ3) is 4.47. The number of hydrogen-bond donors (Lipinski definition) is 1. The van der Waals surface area contributed by atoms with Crippen molar-refractivity contribution >= 4 is 11.5 Å². The van der Waals surface area contributed by atoms with Gasteiger partial charge in [0.05, 0.1) is 7.11 Å². The molecule has 0 fully saturated rings. The molecule has 1 aromatic rings. The molecule has 1 heterocycles. The van der Waals surface area contributed by atoms with Crippen molar-refractivity contribution in [1.82, 2.24) is 9.69 Å². The van der Waals surface area contributed by atoms with Gasteiger partial charge in [0.25, 0.3) is 0 Å². The molecule has 1 N–H and O–H groups in total. The van der Waals surface area contributed by atoms with Crippen molar-refractivity contribution in [1.29, 1.82) is 0 Å². The fraction of sp³-hybridized carbons (Fsp3) is 0.727. The second-order valence-electron chi connectivity index (χ2n) is 3.50. The van der Waals surface area contributed by atoms with Crippen LogP contribution in [0.4, 0.5) is 0 Å². The molecule has 1 atom stereocenters. The van der Waals surface area contributed by atoms with Crippen molar-refractivity contribution in [2.75, 3.05) is 26.9 Å². The zero-order valence-electron chi connectivity index (χ0n) is 10.2. The Labute approximate surface area is 101 Å². The van der Waals surface area contributed by atoms with E-state index < -0.39 is 0 Å². The number of hydrogen-bond acceptors (Lipinski definition) is 5. The van der Waals surface area contributed by atoms with Gasteiger partial charge in [-0.25, -0.2) is 0 Å². The Morgan fingerprint density at radius 2 is 2.38 bits per heavy atom. The van der Waals surface area contributed by atoms with Gasteiger partial charge in [0, 0.05) is 30.2 Å². The monoisotopic (exact) mass is 244 g/mol. The van der Waals surface area contributed by atoms with E-state index in [1.165, 1.54) is 16.4 Å². The Bertz CT molecular complexity index is 291. The topological polar surface area (TPSA) is 43.4 Å². The second-order valence-corrected chi connectivity index (χ2v) is 4.33. The highest BCUT2D eigenvalue weighted by Gasteiger charge is 2.09. The van der Waals surface area contributed by atoms with Crippen LogP contribution >= 0.6 is 11.5 Å². The zero-order chi connectivity index (χ0) is 11.8. The van der Waals surface area contributed by atoms with Crippen LogP contribution in [0.25, 0.3) is 0 Å². The predicted molar refractivity (Wildman–Crippen MR) is 66.2 cm³/mol. The van der Waals surface area contributed by atoms with Gasteiger partial charge in [-0.3, -0.25) is 0 Å². The highest BCUT2D eigenvalue weighted by molar-refractivity contribution is 7.06. The van der Waals surface area contributed by atoms with E-state index in [2.05, 4.69) is 16.6 Å². The highest BCUT2D eigenvalue weighted by Crippen LogP contribution is 2.22. The molecule has 1 unspecified atom stereocenters. The third-order valence-electron chi connectivity index (χ3n) is 2.26. The van der Waals surface area contributed by atoms with Crippen LogP contribution in [0.3, 0.4) is 0 Å². The molecule has 0 aliphatic heterocycles. The van der Waals surface area contributed by atoms with Crippen LogP contribution in [0, 0.1) is 0 Å². The predicted octanol–water partition coefficient (Wildman–Crippen LogP) is 2.23. The van der Waals surface area contributed by atoms with Crippen molar-refractivity contribution in [2.45, 2.75) is 26.3 Å². The first-order valence-corrected chi connectivity index (χ1v) is 6.37. The summed E-state index contributed by atoms with van der Waals surface area (Å²) >= 11 is 1.48. The maximum atomic E-state index is 5.27. The van der Waals surface area contributed by atoms with E-state index in [9.17, 15) is 0 Å². The molecule has 1 rings (SSSR count). The molecule has 0 aromatic carbocycles. The lowest BCUT2D eigenvalue weighted by Crippen LogP contribution is -2.20. The molecule has 0 aliphatic carbocycles. The first-order chi connectivity index (χ1) is 7.77. The van der Waals surface area contributed by atoms with Crippen LogP contribution < -0.4 is 10.1 Å². The molecule has 92 valence electrons. The molecule has 0 bridgehead atoms. The van der Waals surface area contributed by atoms with Gasteiger partial charge in [0.15, 0.2) is 0 Å². The second kappa shape index (κ2) is 7.60. The van der Waals surface area contributed by atoms with Gasteiger partial charge in [-0.1, -0.05) is 0 Å². The standard InChI is InChI=1S/C11H20N2O2S/c1-4-15-7-5-6-12-9(2)10-8-11(14-3)13-16-10/h8-9,12H,4-7H2,1-3H3. The van der Waals surface area contributed by atoms with Crippen LogP contribution in [0.2, 0.25) is 0 Å². The molecule has 4 nitrogen and oxygen atoms in total. The summed E-state index contributed by atoms with van der Waals surface area (Å²) in [6.45, 7) is 6.72. The molecule has 16 heavy (non-hydrogen) atoms. The Morgan fingerprint density at radius 1 is 1.56 bits per heavy atom. The molecule has 0 aliphatic rings. The summed E-state index contributed by atoms with van der Waals surface area (Å²) in [7, 11) is 1.64. The van der Waals surface area contributed by atoms with Crippen LogP contribution in [-0.4, -0.2) is 31.2 Å². The number of nitrogens with one attached hydrogen (secondary N) is 1. The minimum atomic E-state index is 0.322. The number of aromatic nitrogens is 1. The smallest absolute Gasteiger partial charge is 0.225 e. The fourth-order valence-electron chi connectivity index (χ4n) is 1.31. The molecule has 5 heteroatoms. The summed E-state index contributed by atoms with van der Waals surface area (Å²) in [6.07, 6.45) is 1.04. The van der Waals surface area contributed by atoms with Crippen molar-refractivity contribution in [3.63, 3.8) is 0 Å². The van der Waals surface area contributed by atoms with Gasteiger partial charge in [-0.2, -0.15) is 4.37 Å². The van der Waals surface area contributed by atoms with Gasteiger partial charge >= 0.3 is 0 Å². The normalized spacial score (nSPS) is 12.7. The zero-order valence-corrected chi connectivity index (χ0v) is 11.0. The average Bonchev–Trinajstić information content (AvgIpc) is 2.77. The summed E-state index contributed by atoms with van der Waals surface area (Å²) in [6, 6.07) is 2.30. The number of ether oxygens (including phenoxy) is 2. The van der Waals surface area contributed by atoms with E-state index in [1.54, 1.807) is 7.11 Å². The quantitative estimate of drug-likeness (QED) is 0.712. The largest absolute Gasteiger partial charge is 0.480 e. The minimum absolute atomic E-state index is 0.322. The molecule has 0 saturated carbocycles. The van der Waals surface area contributed by atoms with Crippen molar-refractivity contribution in [2.24, 2.45) is 0 Å². The Morgan fingerprint density at radius 3 is 3.00 bits per heavy atom. The van der Waals surface area contributed by atoms with Crippen molar-refractivity contribution in [3.8, 4) is 5.88 Å². The van der Waals surface area contributed by atoms with Gasteiger partial charge < -0.3 is 14.8 Å². The van der Waals surface area contributed by atoms with E-state index in [1.807, 2.05) is 13.0 Å². The maximum absolute atomic E-state index is 5.27. The molecule has 1 aromatic heterocycles. The van der Waals surface area contributed by atoms with E-state index in [0.717, 1.165) is 26.2 Å². The van der Waals surface area contributed by atoms with Gasteiger partial charge in [0.2, 0.25) is 5.88 Å². The highest BCUT2D eigenvalue weighted by atomic mass is 32.1. The van der Waals surface area contributed by atoms with Gasteiger partial charge in [-0.05, 0) is 38.3 Å². The first kappa shape index (κ1) is 13.4. The molecule has 0 spiro atoms. The molecular weight excluding hydrogens is 224 g/mol. The van der Waals surface area contributed by atoms with E-state index in [-0.39, 0.29) is 0 Å². The van der Waals surface area contributed by atoms with Gasteiger partial charge in [-0.15, -0.1) is 0 Å². The van der Waals surface area contributed by atoms with E-state index in [0.29, 0.717) is 11.9 Å². The molecule has 0 radical (unpaired) electrons. The fourth-order valence-corrected chi connectivity index (χ4v) is 2.03. The summed E-state index contributed by atoms with van der Waals surface area (Å²) in [5.74, 6) is 0.697. The van der Waals surface area contributed by atoms with E-state index >= 15 is 0 Å². The summed E-state index contributed by atoms with van der Waals surface area (Å²) < 4.78 is 14.5. The summed E-state index contributed by atoms with van der Waals surface area (Å²) in [5, 5.41) is 3.43. The number of nitrogens with zero attached hydrogens (tertiary/aromatic N) is 1. The SMILES string of the molecule is CCOCCCNC(C)c1cc(OC)ns1. The molecule has 0 saturated heterocycles. The maximum Gasteiger partial charge on any atom is 0.225 e. The molecule has 0 amide bonds. The van der Waals surface area contributed by atoms with Crippen LogP contribution in [0.5, 0.6) is 5.88 Å². The lowest BCUT2D eigenvalue weighted by Gasteiger charge is -2.10. The summed E-state index contributed by atoms with van der Waals surface area (Å²) in [5.41, 5.74) is 0. The van der Waals surface area contributed by atoms with Crippen LogP contribution in [0.1, 0.15) is 31.2 Å². The third-order valence-corrected chi connectivity index (χ3v) is 3.22. The Balaban J connectivity index is 2.21. The Kier molecular flexibility index (Phi) is 6.37. The van der Waals surface area contributed by atoms with Crippen LogP contribution in [-0.2, 0) is 4.74 Å². The molecular formula is C11H20N2O2S. The minimum Gasteiger partial charge on any atom is -0.480 e. The number of rotatable bonds is 8.